The first-order valence-corrected chi connectivity index (χ1v) is 4.52. The highest BCUT2D eigenvalue weighted by Gasteiger charge is 2.16. The van der Waals surface area contributed by atoms with Crippen LogP contribution in [0.4, 0.5) is 0 Å². The number of hydrogen-bond donors (Lipinski definition) is 0. The fourth-order valence-electron chi connectivity index (χ4n) is 1.68. The Morgan fingerprint density at radius 1 is 1.45 bits per heavy atom. The number of nitrogens with zero attached hydrogens (tertiary/aromatic N) is 1. The maximum absolute atomic E-state index is 10.2. The molecule has 0 atom stereocenters. The van der Waals surface area contributed by atoms with E-state index in [2.05, 4.69) is 11.8 Å². The van der Waals surface area contributed by atoms with Crippen molar-refractivity contribution in [1.82, 2.24) is 4.90 Å². The van der Waals surface area contributed by atoms with Gasteiger partial charge in [0.1, 0.15) is 6.29 Å². The summed E-state index contributed by atoms with van der Waals surface area (Å²) in [6, 6.07) is 0. The van der Waals surface area contributed by atoms with E-state index in [1.165, 1.54) is 19.3 Å². The highest BCUT2D eigenvalue weighted by atomic mass is 16.1. The van der Waals surface area contributed by atoms with Crippen molar-refractivity contribution < 1.29 is 4.79 Å². The second-order valence-corrected chi connectivity index (χ2v) is 3.32. The number of carbonyl (C=O) groups excluding carboxylic acids is 1. The molecule has 1 fully saturated rings. The highest BCUT2D eigenvalue weighted by molar-refractivity contribution is 5.51. The molecule has 11 heavy (non-hydrogen) atoms. The zero-order chi connectivity index (χ0) is 8.10. The largest absolute Gasteiger partial charge is 0.302 e. The Kier molecular flexibility index (Phi) is 3.57. The molecule has 0 bridgehead atoms. The van der Waals surface area contributed by atoms with E-state index in [9.17, 15) is 4.79 Å². The number of aldehydes is 1. The molecule has 64 valence electrons. The van der Waals surface area contributed by atoms with Crippen LogP contribution in [0.15, 0.2) is 0 Å². The summed E-state index contributed by atoms with van der Waals surface area (Å²) in [5.74, 6) is 0.915. The average Bonchev–Trinajstić information content (AvgIpc) is 2.07. The predicted molar refractivity (Wildman–Crippen MR) is 45.5 cm³/mol. The van der Waals surface area contributed by atoms with Crippen molar-refractivity contribution in [2.75, 3.05) is 19.6 Å². The summed E-state index contributed by atoms with van der Waals surface area (Å²) in [5.41, 5.74) is 0. The van der Waals surface area contributed by atoms with E-state index in [1.54, 1.807) is 0 Å². The minimum Gasteiger partial charge on any atom is -0.302 e. The van der Waals surface area contributed by atoms with Crippen molar-refractivity contribution in [2.45, 2.75) is 26.2 Å². The van der Waals surface area contributed by atoms with Gasteiger partial charge in [-0.3, -0.25) is 4.90 Å². The van der Waals surface area contributed by atoms with Crippen LogP contribution < -0.4 is 0 Å². The van der Waals surface area contributed by atoms with E-state index in [1.807, 2.05) is 0 Å². The van der Waals surface area contributed by atoms with Gasteiger partial charge in [0.2, 0.25) is 0 Å². The molecule has 2 nitrogen and oxygen atoms in total. The Labute approximate surface area is 68.6 Å². The van der Waals surface area contributed by atoms with Crippen LogP contribution in [0.1, 0.15) is 26.2 Å². The zero-order valence-corrected chi connectivity index (χ0v) is 7.25. The number of hydrogen-bond acceptors (Lipinski definition) is 2. The highest BCUT2D eigenvalue weighted by Crippen LogP contribution is 2.18. The molecule has 0 aliphatic carbocycles. The van der Waals surface area contributed by atoms with Crippen LogP contribution in [0.5, 0.6) is 0 Å². The van der Waals surface area contributed by atoms with Gasteiger partial charge in [-0.25, -0.2) is 0 Å². The lowest BCUT2D eigenvalue weighted by Gasteiger charge is -2.29. The van der Waals surface area contributed by atoms with Gasteiger partial charge in [-0.15, -0.1) is 0 Å². The molecule has 0 aromatic carbocycles. The maximum Gasteiger partial charge on any atom is 0.133 e. The van der Waals surface area contributed by atoms with Crippen molar-refractivity contribution in [3.05, 3.63) is 0 Å². The summed E-state index contributed by atoms with van der Waals surface area (Å²) in [7, 11) is 0. The average molecular weight is 155 g/mol. The summed E-state index contributed by atoms with van der Waals surface area (Å²) in [4.78, 5) is 12.4. The molecule has 2 heteroatoms. The number of rotatable bonds is 3. The Bertz CT molecular complexity index is 117. The molecule has 1 aliphatic heterocycles. The molecule has 1 heterocycles. The smallest absolute Gasteiger partial charge is 0.133 e. The van der Waals surface area contributed by atoms with E-state index in [0.717, 1.165) is 25.3 Å². The molecule has 0 aromatic rings. The summed E-state index contributed by atoms with van der Waals surface area (Å²) in [6.07, 6.45) is 4.87. The van der Waals surface area contributed by atoms with Crippen molar-refractivity contribution >= 4 is 6.29 Å². The molecule has 0 radical (unpaired) electrons. The molecule has 0 spiro atoms. The Morgan fingerprint density at radius 2 is 2.09 bits per heavy atom. The van der Waals surface area contributed by atoms with E-state index >= 15 is 0 Å². The number of piperidine rings is 1. The van der Waals surface area contributed by atoms with Gasteiger partial charge in [0.05, 0.1) is 6.54 Å². The normalized spacial score (nSPS) is 21.9. The second kappa shape index (κ2) is 4.50. The third-order valence-electron chi connectivity index (χ3n) is 2.62. The van der Waals surface area contributed by atoms with E-state index in [-0.39, 0.29) is 0 Å². The van der Waals surface area contributed by atoms with Crippen LogP contribution in [0.3, 0.4) is 0 Å². The van der Waals surface area contributed by atoms with Crippen molar-refractivity contribution in [3.63, 3.8) is 0 Å². The first kappa shape index (κ1) is 8.72. The standard InChI is InChI=1S/C9H17NO/c1-2-9-3-5-10(6-4-9)7-8-11/h8-9H,2-7H2,1H3. The van der Waals surface area contributed by atoms with Gasteiger partial charge in [-0.1, -0.05) is 13.3 Å². The Hall–Kier alpha value is -0.370. The van der Waals surface area contributed by atoms with Crippen LogP contribution in [-0.2, 0) is 4.79 Å². The van der Waals surface area contributed by atoms with E-state index in [4.69, 9.17) is 0 Å². The molecule has 0 unspecified atom stereocenters. The SMILES string of the molecule is CCC1CCN(CC=O)CC1. The summed E-state index contributed by atoms with van der Waals surface area (Å²) < 4.78 is 0. The zero-order valence-electron chi connectivity index (χ0n) is 7.25. The van der Waals surface area contributed by atoms with Crippen LogP contribution in [0.2, 0.25) is 0 Å². The lowest BCUT2D eigenvalue weighted by Crippen LogP contribution is -2.34. The summed E-state index contributed by atoms with van der Waals surface area (Å²) in [6.45, 7) is 5.13. The molecular formula is C9H17NO. The van der Waals surface area contributed by atoms with E-state index < -0.39 is 0 Å². The second-order valence-electron chi connectivity index (χ2n) is 3.32. The lowest BCUT2D eigenvalue weighted by atomic mass is 9.94. The third-order valence-corrected chi connectivity index (χ3v) is 2.62. The van der Waals surface area contributed by atoms with Crippen molar-refractivity contribution in [2.24, 2.45) is 5.92 Å². The Morgan fingerprint density at radius 3 is 2.55 bits per heavy atom. The van der Waals surface area contributed by atoms with Gasteiger partial charge in [0.25, 0.3) is 0 Å². The van der Waals surface area contributed by atoms with Crippen LogP contribution in [0, 0.1) is 5.92 Å². The molecule has 1 aliphatic rings. The molecule has 0 aromatic heterocycles. The topological polar surface area (TPSA) is 20.3 Å². The Balaban J connectivity index is 2.18. The molecular weight excluding hydrogens is 138 g/mol. The number of carbonyl (C=O) groups is 1. The minimum atomic E-state index is 0.635. The van der Waals surface area contributed by atoms with Crippen LogP contribution in [0.25, 0.3) is 0 Å². The maximum atomic E-state index is 10.2. The fraction of sp³-hybridized carbons (Fsp3) is 0.889. The van der Waals surface area contributed by atoms with Crippen LogP contribution in [-0.4, -0.2) is 30.8 Å². The van der Waals surface area contributed by atoms with Crippen molar-refractivity contribution in [3.8, 4) is 0 Å². The predicted octanol–water partition coefficient (Wildman–Crippen LogP) is 1.31. The third kappa shape index (κ3) is 2.62. The molecule has 1 saturated heterocycles. The lowest BCUT2D eigenvalue weighted by molar-refractivity contribution is -0.109. The van der Waals surface area contributed by atoms with Crippen molar-refractivity contribution in [1.29, 1.82) is 0 Å². The van der Waals surface area contributed by atoms with Gasteiger partial charge >= 0.3 is 0 Å². The monoisotopic (exact) mass is 155 g/mol. The molecule has 0 N–H and O–H groups in total. The summed E-state index contributed by atoms with van der Waals surface area (Å²) in [5, 5.41) is 0. The minimum absolute atomic E-state index is 0.635. The first-order chi connectivity index (χ1) is 5.36. The van der Waals surface area contributed by atoms with Gasteiger partial charge in [-0.05, 0) is 31.8 Å². The number of likely N-dealkylation sites (tertiary alicyclic amines) is 1. The molecule has 1 rings (SSSR count). The van der Waals surface area contributed by atoms with Crippen LogP contribution >= 0.6 is 0 Å². The van der Waals surface area contributed by atoms with Gasteiger partial charge in [-0.2, -0.15) is 0 Å². The van der Waals surface area contributed by atoms with Gasteiger partial charge in [0, 0.05) is 0 Å². The summed E-state index contributed by atoms with van der Waals surface area (Å²) >= 11 is 0. The van der Waals surface area contributed by atoms with E-state index in [0.29, 0.717) is 6.54 Å². The van der Waals surface area contributed by atoms with Gasteiger partial charge in [0.15, 0.2) is 0 Å². The fourth-order valence-corrected chi connectivity index (χ4v) is 1.68. The molecule has 0 amide bonds. The molecule has 0 saturated carbocycles. The quantitative estimate of drug-likeness (QED) is 0.573. The first-order valence-electron chi connectivity index (χ1n) is 4.52. The van der Waals surface area contributed by atoms with Gasteiger partial charge < -0.3 is 4.79 Å².